The van der Waals surface area contributed by atoms with Gasteiger partial charge in [-0.2, -0.15) is 0 Å². The molecule has 0 spiro atoms. The molecular formula is C14H14FN. The topological polar surface area (TPSA) is 12.0 Å². The first-order valence-corrected chi connectivity index (χ1v) is 5.29. The Morgan fingerprint density at radius 1 is 1.06 bits per heavy atom. The zero-order valence-electron chi connectivity index (χ0n) is 9.20. The zero-order chi connectivity index (χ0) is 11.4. The molecule has 1 N–H and O–H groups in total. The Bertz CT molecular complexity index is 480. The van der Waals surface area contributed by atoms with Crippen molar-refractivity contribution in [2.45, 2.75) is 13.5 Å². The number of benzene rings is 2. The maximum Gasteiger partial charge on any atom is 0.146 e. The second-order valence-electron chi connectivity index (χ2n) is 3.82. The Morgan fingerprint density at radius 2 is 1.88 bits per heavy atom. The molecule has 2 aromatic rings. The van der Waals surface area contributed by atoms with Crippen LogP contribution in [0.2, 0.25) is 0 Å². The van der Waals surface area contributed by atoms with Crippen molar-refractivity contribution >= 4 is 5.69 Å². The van der Waals surface area contributed by atoms with Crippen molar-refractivity contribution < 1.29 is 4.39 Å². The third kappa shape index (κ3) is 2.60. The van der Waals surface area contributed by atoms with E-state index in [4.69, 9.17) is 0 Å². The molecule has 0 atom stereocenters. The van der Waals surface area contributed by atoms with Crippen LogP contribution in [0.1, 0.15) is 11.1 Å². The molecule has 0 radical (unpaired) electrons. The van der Waals surface area contributed by atoms with Crippen LogP contribution < -0.4 is 5.32 Å². The Hall–Kier alpha value is -1.83. The lowest BCUT2D eigenvalue weighted by Crippen LogP contribution is -2.01. The SMILES string of the molecule is Cc1cccc(CNc2ccccc2F)c1. The standard InChI is InChI=1S/C14H14FN/c1-11-5-4-6-12(9-11)10-16-14-8-3-2-7-13(14)15/h2-9,16H,10H2,1H3. The van der Waals surface area contributed by atoms with Crippen molar-refractivity contribution in [3.8, 4) is 0 Å². The van der Waals surface area contributed by atoms with Crippen LogP contribution >= 0.6 is 0 Å². The second-order valence-corrected chi connectivity index (χ2v) is 3.82. The highest BCUT2D eigenvalue weighted by Gasteiger charge is 1.99. The molecule has 0 aromatic heterocycles. The van der Waals surface area contributed by atoms with E-state index in [-0.39, 0.29) is 5.82 Å². The van der Waals surface area contributed by atoms with E-state index in [9.17, 15) is 4.39 Å². The summed E-state index contributed by atoms with van der Waals surface area (Å²) in [5, 5.41) is 3.08. The van der Waals surface area contributed by atoms with Gasteiger partial charge in [0.2, 0.25) is 0 Å². The molecule has 0 unspecified atom stereocenters. The van der Waals surface area contributed by atoms with E-state index in [1.807, 2.05) is 31.2 Å². The van der Waals surface area contributed by atoms with E-state index in [1.54, 1.807) is 12.1 Å². The lowest BCUT2D eigenvalue weighted by atomic mass is 10.1. The number of aryl methyl sites for hydroxylation is 1. The van der Waals surface area contributed by atoms with Gasteiger partial charge in [0.1, 0.15) is 5.82 Å². The molecule has 0 aliphatic carbocycles. The van der Waals surface area contributed by atoms with Crippen LogP contribution in [0.15, 0.2) is 48.5 Å². The highest BCUT2D eigenvalue weighted by atomic mass is 19.1. The van der Waals surface area contributed by atoms with Crippen LogP contribution in [0.5, 0.6) is 0 Å². The highest BCUT2D eigenvalue weighted by Crippen LogP contribution is 2.14. The van der Waals surface area contributed by atoms with E-state index in [1.165, 1.54) is 11.6 Å². The summed E-state index contributed by atoms with van der Waals surface area (Å²) in [6, 6.07) is 14.9. The van der Waals surface area contributed by atoms with Gasteiger partial charge in [0.15, 0.2) is 0 Å². The van der Waals surface area contributed by atoms with Gasteiger partial charge in [-0.3, -0.25) is 0 Å². The summed E-state index contributed by atoms with van der Waals surface area (Å²) < 4.78 is 13.3. The number of hydrogen-bond acceptors (Lipinski definition) is 1. The smallest absolute Gasteiger partial charge is 0.146 e. The molecule has 0 saturated carbocycles. The largest absolute Gasteiger partial charge is 0.379 e. The van der Waals surface area contributed by atoms with Crippen molar-refractivity contribution in [1.29, 1.82) is 0 Å². The molecule has 0 aliphatic rings. The van der Waals surface area contributed by atoms with Gasteiger partial charge in [0.05, 0.1) is 5.69 Å². The minimum Gasteiger partial charge on any atom is -0.379 e. The maximum atomic E-state index is 13.3. The Morgan fingerprint density at radius 3 is 2.62 bits per heavy atom. The molecule has 2 rings (SSSR count). The fourth-order valence-corrected chi connectivity index (χ4v) is 1.62. The first-order chi connectivity index (χ1) is 7.75. The molecular weight excluding hydrogens is 201 g/mol. The molecule has 0 heterocycles. The molecule has 0 saturated heterocycles. The fourth-order valence-electron chi connectivity index (χ4n) is 1.62. The van der Waals surface area contributed by atoms with Gasteiger partial charge in [-0.25, -0.2) is 4.39 Å². The molecule has 0 fully saturated rings. The number of hydrogen-bond donors (Lipinski definition) is 1. The lowest BCUT2D eigenvalue weighted by molar-refractivity contribution is 0.630. The van der Waals surface area contributed by atoms with Crippen molar-refractivity contribution in [3.63, 3.8) is 0 Å². The molecule has 82 valence electrons. The molecule has 2 aromatic carbocycles. The van der Waals surface area contributed by atoms with Gasteiger partial charge in [-0.1, -0.05) is 42.0 Å². The summed E-state index contributed by atoms with van der Waals surface area (Å²) >= 11 is 0. The lowest BCUT2D eigenvalue weighted by Gasteiger charge is -2.07. The second kappa shape index (κ2) is 4.79. The predicted molar refractivity (Wildman–Crippen MR) is 64.9 cm³/mol. The van der Waals surface area contributed by atoms with E-state index >= 15 is 0 Å². The minimum atomic E-state index is -0.213. The van der Waals surface area contributed by atoms with Crippen LogP contribution in [0.3, 0.4) is 0 Å². The minimum absolute atomic E-state index is 0.213. The van der Waals surface area contributed by atoms with E-state index in [2.05, 4.69) is 11.4 Å². The quantitative estimate of drug-likeness (QED) is 0.822. The van der Waals surface area contributed by atoms with Crippen LogP contribution in [0.25, 0.3) is 0 Å². The number of halogens is 1. The maximum absolute atomic E-state index is 13.3. The van der Waals surface area contributed by atoms with E-state index < -0.39 is 0 Å². The summed E-state index contributed by atoms with van der Waals surface area (Å²) in [6.07, 6.45) is 0. The Balaban J connectivity index is 2.05. The number of nitrogens with one attached hydrogen (secondary N) is 1. The van der Waals surface area contributed by atoms with Crippen molar-refractivity contribution in [2.75, 3.05) is 5.32 Å². The predicted octanol–water partition coefficient (Wildman–Crippen LogP) is 3.75. The molecule has 0 amide bonds. The third-order valence-electron chi connectivity index (χ3n) is 2.44. The molecule has 1 nitrogen and oxygen atoms in total. The first kappa shape index (κ1) is 10.7. The number of anilines is 1. The van der Waals surface area contributed by atoms with Crippen molar-refractivity contribution in [1.82, 2.24) is 0 Å². The van der Waals surface area contributed by atoms with E-state index in [0.717, 1.165) is 5.56 Å². The highest BCUT2D eigenvalue weighted by molar-refractivity contribution is 5.45. The Kier molecular flexibility index (Phi) is 3.20. The number of para-hydroxylation sites is 1. The normalized spacial score (nSPS) is 10.1. The van der Waals surface area contributed by atoms with E-state index in [0.29, 0.717) is 12.2 Å². The van der Waals surface area contributed by atoms with Gasteiger partial charge in [-0.15, -0.1) is 0 Å². The van der Waals surface area contributed by atoms with Crippen molar-refractivity contribution in [3.05, 3.63) is 65.5 Å². The number of rotatable bonds is 3. The Labute approximate surface area is 94.9 Å². The van der Waals surface area contributed by atoms with Gasteiger partial charge < -0.3 is 5.32 Å². The molecule has 0 aliphatic heterocycles. The summed E-state index contributed by atoms with van der Waals surface area (Å²) in [6.45, 7) is 2.69. The van der Waals surface area contributed by atoms with Crippen LogP contribution in [-0.4, -0.2) is 0 Å². The summed E-state index contributed by atoms with van der Waals surface area (Å²) in [5.74, 6) is -0.213. The molecule has 16 heavy (non-hydrogen) atoms. The summed E-state index contributed by atoms with van der Waals surface area (Å²) in [4.78, 5) is 0. The van der Waals surface area contributed by atoms with Gasteiger partial charge >= 0.3 is 0 Å². The summed E-state index contributed by atoms with van der Waals surface area (Å²) in [7, 11) is 0. The first-order valence-electron chi connectivity index (χ1n) is 5.29. The van der Waals surface area contributed by atoms with Gasteiger partial charge in [-0.05, 0) is 24.6 Å². The van der Waals surface area contributed by atoms with Crippen LogP contribution in [-0.2, 0) is 6.54 Å². The van der Waals surface area contributed by atoms with Gasteiger partial charge in [0.25, 0.3) is 0 Å². The van der Waals surface area contributed by atoms with Crippen LogP contribution in [0, 0.1) is 12.7 Å². The summed E-state index contributed by atoms with van der Waals surface area (Å²) in [5.41, 5.74) is 2.92. The zero-order valence-corrected chi connectivity index (χ0v) is 9.20. The third-order valence-corrected chi connectivity index (χ3v) is 2.44. The van der Waals surface area contributed by atoms with Crippen molar-refractivity contribution in [2.24, 2.45) is 0 Å². The monoisotopic (exact) mass is 215 g/mol. The molecule has 0 bridgehead atoms. The average Bonchev–Trinajstić information content (AvgIpc) is 2.28. The fraction of sp³-hybridized carbons (Fsp3) is 0.143. The molecule has 2 heteroatoms. The van der Waals surface area contributed by atoms with Crippen LogP contribution in [0.4, 0.5) is 10.1 Å². The van der Waals surface area contributed by atoms with Gasteiger partial charge in [0, 0.05) is 6.54 Å². The average molecular weight is 215 g/mol.